The number of hydrogen-bond acceptors (Lipinski definition) is 3. The maximum absolute atomic E-state index is 11.3. The average molecular weight is 213 g/mol. The highest BCUT2D eigenvalue weighted by molar-refractivity contribution is 5.79. The fourth-order valence-corrected chi connectivity index (χ4v) is 2.33. The van der Waals surface area contributed by atoms with E-state index in [-0.39, 0.29) is 11.9 Å². The molecule has 0 aromatic carbocycles. The Bertz CT molecular complexity index is 220. The van der Waals surface area contributed by atoms with Crippen molar-refractivity contribution in [3.63, 3.8) is 0 Å². The van der Waals surface area contributed by atoms with Crippen molar-refractivity contribution in [3.8, 4) is 0 Å². The van der Waals surface area contributed by atoms with Crippen molar-refractivity contribution in [1.82, 2.24) is 9.80 Å². The van der Waals surface area contributed by atoms with Gasteiger partial charge in [-0.15, -0.1) is 0 Å². The smallest absolute Gasteiger partial charge is 0.234 e. The number of piperazine rings is 1. The molecular formula is C11H23N3O. The van der Waals surface area contributed by atoms with Gasteiger partial charge < -0.3 is 10.6 Å². The van der Waals surface area contributed by atoms with Crippen molar-refractivity contribution < 1.29 is 4.79 Å². The molecule has 15 heavy (non-hydrogen) atoms. The molecule has 4 heteroatoms. The van der Waals surface area contributed by atoms with E-state index in [4.69, 9.17) is 5.73 Å². The number of amides is 1. The van der Waals surface area contributed by atoms with Crippen LogP contribution in [0.15, 0.2) is 0 Å². The molecule has 88 valence electrons. The minimum Gasteiger partial charge on any atom is -0.368 e. The zero-order valence-electron chi connectivity index (χ0n) is 10.1. The summed E-state index contributed by atoms with van der Waals surface area (Å²) in [4.78, 5) is 15.9. The third-order valence-corrected chi connectivity index (χ3v) is 3.44. The first-order valence-electron chi connectivity index (χ1n) is 5.83. The standard InChI is InChI=1S/C11H23N3O/c1-4-9-8-14(7-6-13(9)3)10(5-2)11(12)15/h9-10H,4-8H2,1-3H3,(H2,12,15). The molecule has 0 bridgehead atoms. The summed E-state index contributed by atoms with van der Waals surface area (Å²) >= 11 is 0. The summed E-state index contributed by atoms with van der Waals surface area (Å²) < 4.78 is 0. The van der Waals surface area contributed by atoms with E-state index in [0.717, 1.165) is 32.5 Å². The molecule has 0 aromatic rings. The van der Waals surface area contributed by atoms with Crippen LogP contribution in [0.4, 0.5) is 0 Å². The van der Waals surface area contributed by atoms with Crippen LogP contribution < -0.4 is 5.73 Å². The third-order valence-electron chi connectivity index (χ3n) is 3.44. The summed E-state index contributed by atoms with van der Waals surface area (Å²) in [6, 6.07) is 0.486. The maximum atomic E-state index is 11.3. The van der Waals surface area contributed by atoms with E-state index in [1.807, 2.05) is 6.92 Å². The predicted molar refractivity (Wildman–Crippen MR) is 61.6 cm³/mol. The summed E-state index contributed by atoms with van der Waals surface area (Å²) in [6.45, 7) is 7.16. The fraction of sp³-hybridized carbons (Fsp3) is 0.909. The molecule has 4 nitrogen and oxygen atoms in total. The van der Waals surface area contributed by atoms with Crippen LogP contribution in [0.1, 0.15) is 26.7 Å². The minimum atomic E-state index is -0.183. The number of carbonyl (C=O) groups excluding carboxylic acids is 1. The topological polar surface area (TPSA) is 49.6 Å². The van der Waals surface area contributed by atoms with Crippen molar-refractivity contribution in [2.24, 2.45) is 5.73 Å². The molecule has 2 atom stereocenters. The second kappa shape index (κ2) is 5.47. The first kappa shape index (κ1) is 12.5. The monoisotopic (exact) mass is 213 g/mol. The number of nitrogens with two attached hydrogens (primary N) is 1. The highest BCUT2D eigenvalue weighted by Gasteiger charge is 2.29. The highest BCUT2D eigenvalue weighted by Crippen LogP contribution is 2.14. The van der Waals surface area contributed by atoms with Gasteiger partial charge in [0.2, 0.25) is 5.91 Å². The van der Waals surface area contributed by atoms with Crippen molar-refractivity contribution in [3.05, 3.63) is 0 Å². The van der Waals surface area contributed by atoms with Gasteiger partial charge in [-0.1, -0.05) is 13.8 Å². The lowest BCUT2D eigenvalue weighted by atomic mass is 10.1. The number of likely N-dealkylation sites (N-methyl/N-ethyl adjacent to an activating group) is 1. The zero-order chi connectivity index (χ0) is 11.4. The second-order valence-corrected chi connectivity index (χ2v) is 4.36. The van der Waals surface area contributed by atoms with E-state index >= 15 is 0 Å². The summed E-state index contributed by atoms with van der Waals surface area (Å²) in [5.41, 5.74) is 5.41. The zero-order valence-corrected chi connectivity index (χ0v) is 10.1. The SMILES string of the molecule is CCC1CN(C(CC)C(N)=O)CCN1C. The van der Waals surface area contributed by atoms with Gasteiger partial charge in [-0.3, -0.25) is 9.69 Å². The molecule has 0 spiro atoms. The molecule has 2 N–H and O–H groups in total. The van der Waals surface area contributed by atoms with Crippen molar-refractivity contribution in [2.45, 2.75) is 38.8 Å². The molecule has 2 unspecified atom stereocenters. The van der Waals surface area contributed by atoms with E-state index < -0.39 is 0 Å². The van der Waals surface area contributed by atoms with Crippen LogP contribution in [0.5, 0.6) is 0 Å². The maximum Gasteiger partial charge on any atom is 0.234 e. The van der Waals surface area contributed by atoms with Crippen LogP contribution in [0.25, 0.3) is 0 Å². The Morgan fingerprint density at radius 1 is 1.47 bits per heavy atom. The van der Waals surface area contributed by atoms with Crippen LogP contribution in [0.3, 0.4) is 0 Å². The number of carbonyl (C=O) groups is 1. The third kappa shape index (κ3) is 2.92. The lowest BCUT2D eigenvalue weighted by molar-refractivity contribution is -0.124. The predicted octanol–water partition coefficient (Wildman–Crippen LogP) is 0.276. The average Bonchev–Trinajstić information content (AvgIpc) is 2.21. The van der Waals surface area contributed by atoms with Gasteiger partial charge in [0.1, 0.15) is 0 Å². The molecule has 1 saturated heterocycles. The molecule has 1 rings (SSSR count). The molecule has 0 aliphatic carbocycles. The van der Waals surface area contributed by atoms with Gasteiger partial charge in [0, 0.05) is 25.7 Å². The van der Waals surface area contributed by atoms with Crippen LogP contribution in [0.2, 0.25) is 0 Å². The number of rotatable bonds is 4. The van der Waals surface area contributed by atoms with E-state index in [2.05, 4.69) is 23.8 Å². The van der Waals surface area contributed by atoms with Gasteiger partial charge in [0.05, 0.1) is 6.04 Å². The molecule has 0 saturated carbocycles. The van der Waals surface area contributed by atoms with Crippen LogP contribution in [0, 0.1) is 0 Å². The number of hydrogen-bond donors (Lipinski definition) is 1. The largest absolute Gasteiger partial charge is 0.368 e. The van der Waals surface area contributed by atoms with Gasteiger partial charge >= 0.3 is 0 Å². The Kier molecular flexibility index (Phi) is 4.54. The van der Waals surface area contributed by atoms with Crippen molar-refractivity contribution in [1.29, 1.82) is 0 Å². The van der Waals surface area contributed by atoms with Gasteiger partial charge in [-0.25, -0.2) is 0 Å². The molecule has 0 radical (unpaired) electrons. The molecule has 1 fully saturated rings. The molecular weight excluding hydrogens is 190 g/mol. The van der Waals surface area contributed by atoms with Crippen LogP contribution in [-0.2, 0) is 4.79 Å². The number of nitrogens with zero attached hydrogens (tertiary/aromatic N) is 2. The molecule has 0 aromatic heterocycles. The second-order valence-electron chi connectivity index (χ2n) is 4.36. The van der Waals surface area contributed by atoms with Crippen molar-refractivity contribution >= 4 is 5.91 Å². The van der Waals surface area contributed by atoms with Gasteiger partial charge in [-0.05, 0) is 19.9 Å². The van der Waals surface area contributed by atoms with Gasteiger partial charge in [-0.2, -0.15) is 0 Å². The Morgan fingerprint density at radius 3 is 2.60 bits per heavy atom. The van der Waals surface area contributed by atoms with E-state index in [9.17, 15) is 4.79 Å². The summed E-state index contributed by atoms with van der Waals surface area (Å²) in [7, 11) is 2.15. The first-order valence-corrected chi connectivity index (χ1v) is 5.83. The molecule has 1 heterocycles. The van der Waals surface area contributed by atoms with Crippen LogP contribution in [-0.4, -0.2) is 54.5 Å². The summed E-state index contributed by atoms with van der Waals surface area (Å²) in [5, 5.41) is 0. The molecule has 1 aliphatic rings. The van der Waals surface area contributed by atoms with Crippen LogP contribution >= 0.6 is 0 Å². The summed E-state index contributed by atoms with van der Waals surface area (Å²) in [6.07, 6.45) is 1.94. The lowest BCUT2D eigenvalue weighted by Crippen LogP contribution is -2.57. The van der Waals surface area contributed by atoms with E-state index in [1.165, 1.54) is 0 Å². The Hall–Kier alpha value is -0.610. The number of primary amides is 1. The highest BCUT2D eigenvalue weighted by atomic mass is 16.1. The lowest BCUT2D eigenvalue weighted by Gasteiger charge is -2.41. The fourth-order valence-electron chi connectivity index (χ4n) is 2.33. The Morgan fingerprint density at radius 2 is 2.13 bits per heavy atom. The van der Waals surface area contributed by atoms with Gasteiger partial charge in [0.15, 0.2) is 0 Å². The van der Waals surface area contributed by atoms with E-state index in [0.29, 0.717) is 6.04 Å². The minimum absolute atomic E-state index is 0.0762. The van der Waals surface area contributed by atoms with Gasteiger partial charge in [0.25, 0.3) is 0 Å². The van der Waals surface area contributed by atoms with Crippen molar-refractivity contribution in [2.75, 3.05) is 26.7 Å². The molecule has 1 amide bonds. The summed E-state index contributed by atoms with van der Waals surface area (Å²) in [5.74, 6) is -0.183. The van der Waals surface area contributed by atoms with E-state index in [1.54, 1.807) is 0 Å². The normalized spacial score (nSPS) is 26.5. The quantitative estimate of drug-likeness (QED) is 0.729. The Labute approximate surface area is 92.4 Å². The molecule has 1 aliphatic heterocycles. The first-order chi connectivity index (χ1) is 7.10. The Balaban J connectivity index is 2.60.